The Morgan fingerprint density at radius 2 is 1.95 bits per heavy atom. The van der Waals surface area contributed by atoms with Gasteiger partial charge in [-0.15, -0.1) is 0 Å². The Balaban J connectivity index is 3.17. The van der Waals surface area contributed by atoms with Gasteiger partial charge in [0.1, 0.15) is 5.60 Å². The number of carbonyl (C=O) groups excluding carboxylic acids is 1. The van der Waals surface area contributed by atoms with Gasteiger partial charge in [0.25, 0.3) is 0 Å². The highest BCUT2D eigenvalue weighted by Crippen LogP contribution is 2.38. The maximum absolute atomic E-state index is 11.9. The van der Waals surface area contributed by atoms with E-state index in [-0.39, 0.29) is 6.61 Å². The second-order valence-corrected chi connectivity index (χ2v) is 5.72. The molecule has 7 heteroatoms. The predicted octanol–water partition coefficient (Wildman–Crippen LogP) is 2.04. The van der Waals surface area contributed by atoms with Crippen LogP contribution in [-0.2, 0) is 4.74 Å². The van der Waals surface area contributed by atoms with Crippen molar-refractivity contribution in [3.05, 3.63) is 17.7 Å². The first-order valence-electron chi connectivity index (χ1n) is 6.84. The van der Waals surface area contributed by atoms with Crippen molar-refractivity contribution in [2.45, 2.75) is 32.4 Å². The molecule has 124 valence electrons. The zero-order chi connectivity index (χ0) is 16.9. The zero-order valence-electron chi connectivity index (χ0n) is 13.6. The fraction of sp³-hybridized carbons (Fsp3) is 0.533. The molecule has 7 nitrogen and oxygen atoms in total. The number of amides is 1. The Kier molecular flexibility index (Phi) is 6.01. The second kappa shape index (κ2) is 7.33. The van der Waals surface area contributed by atoms with Crippen LogP contribution in [0.25, 0.3) is 0 Å². The molecule has 0 saturated heterocycles. The van der Waals surface area contributed by atoms with Gasteiger partial charge in [0, 0.05) is 0 Å². The van der Waals surface area contributed by atoms with Crippen LogP contribution in [0.1, 0.15) is 32.4 Å². The highest BCUT2D eigenvalue weighted by molar-refractivity contribution is 5.88. The van der Waals surface area contributed by atoms with Crippen LogP contribution in [0.15, 0.2) is 12.1 Å². The fourth-order valence-corrected chi connectivity index (χ4v) is 1.81. The molecule has 0 aromatic heterocycles. The van der Waals surface area contributed by atoms with Crippen LogP contribution >= 0.6 is 0 Å². The monoisotopic (exact) mass is 312 g/mol. The number of methoxy groups -OCH3 is 2. The van der Waals surface area contributed by atoms with E-state index in [4.69, 9.17) is 19.9 Å². The Labute approximate surface area is 130 Å². The molecule has 0 fully saturated rings. The number of anilines is 1. The lowest BCUT2D eigenvalue weighted by Crippen LogP contribution is -2.27. The highest BCUT2D eigenvalue weighted by Gasteiger charge is 2.21. The normalized spacial score (nSPS) is 12.5. The van der Waals surface area contributed by atoms with Crippen molar-refractivity contribution in [2.75, 3.05) is 26.1 Å². The average Bonchev–Trinajstić information content (AvgIpc) is 2.43. The van der Waals surface area contributed by atoms with E-state index >= 15 is 0 Å². The van der Waals surface area contributed by atoms with Crippen LogP contribution in [0.4, 0.5) is 10.5 Å². The van der Waals surface area contributed by atoms with Crippen LogP contribution < -0.4 is 20.5 Å². The third-order valence-corrected chi connectivity index (χ3v) is 2.76. The predicted molar refractivity (Wildman–Crippen MR) is 83.4 cm³/mol. The first kappa shape index (κ1) is 18.1. The molecular formula is C15H24N2O5. The summed E-state index contributed by atoms with van der Waals surface area (Å²) in [6, 6.07) is 2.67. The molecule has 0 heterocycles. The summed E-state index contributed by atoms with van der Waals surface area (Å²) in [7, 11) is 2.94. The number of aliphatic hydroxyl groups is 1. The number of carbonyl (C=O) groups is 1. The molecule has 0 aliphatic carbocycles. The molecule has 0 saturated carbocycles. The van der Waals surface area contributed by atoms with Crippen molar-refractivity contribution in [1.82, 2.24) is 0 Å². The smallest absolute Gasteiger partial charge is 0.412 e. The van der Waals surface area contributed by atoms with Crippen LogP contribution in [0, 0.1) is 0 Å². The standard InChI is InChI=1S/C15H24N2O5/c1-15(2,3)22-14(19)17-11-6-9(10(16)8-18)7-12(20-4)13(11)21-5/h6-7,10,18H,8,16H2,1-5H3,(H,17,19)/t10-/m1/s1. The third-order valence-electron chi connectivity index (χ3n) is 2.76. The maximum atomic E-state index is 11.9. The average molecular weight is 312 g/mol. The molecule has 1 amide bonds. The largest absolute Gasteiger partial charge is 0.493 e. The molecule has 0 unspecified atom stereocenters. The lowest BCUT2D eigenvalue weighted by molar-refractivity contribution is 0.0635. The molecule has 1 rings (SSSR count). The van der Waals surface area contributed by atoms with Crippen LogP contribution in [-0.4, -0.2) is 37.6 Å². The number of nitrogens with two attached hydrogens (primary N) is 1. The van der Waals surface area contributed by atoms with Gasteiger partial charge in [-0.1, -0.05) is 0 Å². The van der Waals surface area contributed by atoms with Gasteiger partial charge in [-0.05, 0) is 38.5 Å². The van der Waals surface area contributed by atoms with E-state index in [9.17, 15) is 9.90 Å². The van der Waals surface area contributed by atoms with Crippen molar-refractivity contribution in [1.29, 1.82) is 0 Å². The lowest BCUT2D eigenvalue weighted by atomic mass is 10.1. The second-order valence-electron chi connectivity index (χ2n) is 5.72. The van der Waals surface area contributed by atoms with Gasteiger partial charge in [0.15, 0.2) is 11.5 Å². The molecule has 0 aliphatic heterocycles. The van der Waals surface area contributed by atoms with E-state index in [1.54, 1.807) is 32.9 Å². The minimum absolute atomic E-state index is 0.235. The van der Waals surface area contributed by atoms with Gasteiger partial charge < -0.3 is 25.1 Å². The Bertz CT molecular complexity index is 525. The molecule has 0 bridgehead atoms. The zero-order valence-corrected chi connectivity index (χ0v) is 13.6. The number of ether oxygens (including phenoxy) is 3. The molecule has 0 spiro atoms. The van der Waals surface area contributed by atoms with Crippen molar-refractivity contribution in [3.8, 4) is 11.5 Å². The molecule has 22 heavy (non-hydrogen) atoms. The number of nitrogens with one attached hydrogen (secondary N) is 1. The maximum Gasteiger partial charge on any atom is 0.412 e. The minimum Gasteiger partial charge on any atom is -0.493 e. The number of benzene rings is 1. The van der Waals surface area contributed by atoms with Gasteiger partial charge >= 0.3 is 6.09 Å². The van der Waals surface area contributed by atoms with Gasteiger partial charge in [0.2, 0.25) is 0 Å². The minimum atomic E-state index is -0.624. The van der Waals surface area contributed by atoms with Gasteiger partial charge in [-0.2, -0.15) is 0 Å². The van der Waals surface area contributed by atoms with Gasteiger partial charge in [-0.3, -0.25) is 5.32 Å². The van der Waals surface area contributed by atoms with Crippen LogP contribution in [0.2, 0.25) is 0 Å². The molecule has 1 aromatic carbocycles. The van der Waals surface area contributed by atoms with E-state index in [1.165, 1.54) is 14.2 Å². The first-order chi connectivity index (χ1) is 10.2. The number of aliphatic hydroxyl groups excluding tert-OH is 1. The van der Waals surface area contributed by atoms with Crippen LogP contribution in [0.5, 0.6) is 11.5 Å². The van der Waals surface area contributed by atoms with Gasteiger partial charge in [0.05, 0.1) is 32.6 Å². The summed E-state index contributed by atoms with van der Waals surface area (Å²) < 4.78 is 15.7. The van der Waals surface area contributed by atoms with Gasteiger partial charge in [-0.25, -0.2) is 4.79 Å². The van der Waals surface area contributed by atoms with E-state index in [0.29, 0.717) is 22.7 Å². The quantitative estimate of drug-likeness (QED) is 0.769. The third kappa shape index (κ3) is 4.78. The van der Waals surface area contributed by atoms with Crippen molar-refractivity contribution in [2.24, 2.45) is 5.73 Å². The molecule has 1 aromatic rings. The Morgan fingerprint density at radius 3 is 2.41 bits per heavy atom. The fourth-order valence-electron chi connectivity index (χ4n) is 1.81. The van der Waals surface area contributed by atoms with E-state index < -0.39 is 17.7 Å². The van der Waals surface area contributed by atoms with Crippen molar-refractivity contribution < 1.29 is 24.1 Å². The molecule has 0 aliphatic rings. The first-order valence-corrected chi connectivity index (χ1v) is 6.84. The summed E-state index contributed by atoms with van der Waals surface area (Å²) in [6.45, 7) is 5.06. The summed E-state index contributed by atoms with van der Waals surface area (Å²) in [6.07, 6.45) is -0.623. The molecule has 1 atom stereocenters. The van der Waals surface area contributed by atoms with Crippen molar-refractivity contribution >= 4 is 11.8 Å². The molecule has 0 radical (unpaired) electrons. The molecular weight excluding hydrogens is 288 g/mol. The number of hydrogen-bond donors (Lipinski definition) is 3. The number of hydrogen-bond acceptors (Lipinski definition) is 6. The Hall–Kier alpha value is -1.99. The van der Waals surface area contributed by atoms with Crippen LogP contribution in [0.3, 0.4) is 0 Å². The SMILES string of the molecule is COc1cc([C@H](N)CO)cc(NC(=O)OC(C)(C)C)c1OC. The lowest BCUT2D eigenvalue weighted by Gasteiger charge is -2.21. The number of rotatable bonds is 5. The van der Waals surface area contributed by atoms with E-state index in [2.05, 4.69) is 5.32 Å². The molecule has 4 N–H and O–H groups in total. The van der Waals surface area contributed by atoms with E-state index in [1.807, 2.05) is 0 Å². The summed E-state index contributed by atoms with van der Waals surface area (Å²) in [5.41, 5.74) is 6.16. The summed E-state index contributed by atoms with van der Waals surface area (Å²) in [5.74, 6) is 0.747. The summed E-state index contributed by atoms with van der Waals surface area (Å²) >= 11 is 0. The summed E-state index contributed by atoms with van der Waals surface area (Å²) in [5, 5.41) is 11.8. The topological polar surface area (TPSA) is 103 Å². The van der Waals surface area contributed by atoms with E-state index in [0.717, 1.165) is 0 Å². The van der Waals surface area contributed by atoms with Crippen molar-refractivity contribution in [3.63, 3.8) is 0 Å². The highest BCUT2D eigenvalue weighted by atomic mass is 16.6. The Morgan fingerprint density at radius 1 is 1.32 bits per heavy atom. The summed E-state index contributed by atoms with van der Waals surface area (Å²) in [4.78, 5) is 11.9.